The van der Waals surface area contributed by atoms with Crippen LogP contribution in [0.1, 0.15) is 29.4 Å². The van der Waals surface area contributed by atoms with Gasteiger partial charge < -0.3 is 9.64 Å². The molecule has 0 aromatic carbocycles. The van der Waals surface area contributed by atoms with Crippen LogP contribution in [-0.4, -0.2) is 61.8 Å². The molecule has 1 aromatic rings. The Kier molecular flexibility index (Phi) is 6.93. The van der Waals surface area contributed by atoms with Crippen LogP contribution < -0.4 is 10.2 Å². The molecule has 0 radical (unpaired) electrons. The Labute approximate surface area is 175 Å². The molecular formula is C21H24N6O3. The lowest BCUT2D eigenvalue weighted by Gasteiger charge is -2.31. The van der Waals surface area contributed by atoms with Crippen molar-refractivity contribution in [3.63, 3.8) is 0 Å². The maximum Gasteiger partial charge on any atom is 0.328 e. The maximum atomic E-state index is 13.0. The average molecular weight is 408 g/mol. The van der Waals surface area contributed by atoms with Gasteiger partial charge in [-0.3, -0.25) is 15.0 Å². The lowest BCUT2D eigenvalue weighted by molar-refractivity contribution is 0.0550. The van der Waals surface area contributed by atoms with Crippen molar-refractivity contribution >= 4 is 24.9 Å². The van der Waals surface area contributed by atoms with Crippen molar-refractivity contribution < 1.29 is 14.3 Å². The summed E-state index contributed by atoms with van der Waals surface area (Å²) in [5, 5.41) is 12.1. The standard InChI is InChI=1S/C21H24N6O3/c1-15(13-22)18(26-8-10-30-11-9-26)12-19(23-2)25-21(29)27-7-3-4-16-5-6-17(14-28)24-20(16)27/h5-6,12,14H,2-4,7-11H2,1H3,(H,25,29). The van der Waals surface area contributed by atoms with Gasteiger partial charge in [0.15, 0.2) is 6.29 Å². The normalized spacial score (nSPS) is 17.4. The third-order valence-electron chi connectivity index (χ3n) is 5.01. The number of anilines is 1. The quantitative estimate of drug-likeness (QED) is 0.345. The minimum atomic E-state index is -0.416. The molecule has 2 amide bonds. The van der Waals surface area contributed by atoms with Gasteiger partial charge >= 0.3 is 6.03 Å². The first kappa shape index (κ1) is 21.2. The van der Waals surface area contributed by atoms with Crippen molar-refractivity contribution in [2.75, 3.05) is 37.7 Å². The van der Waals surface area contributed by atoms with E-state index in [2.05, 4.69) is 28.1 Å². The van der Waals surface area contributed by atoms with Gasteiger partial charge in [0.05, 0.1) is 25.0 Å². The van der Waals surface area contributed by atoms with Crippen LogP contribution in [0, 0.1) is 11.3 Å². The van der Waals surface area contributed by atoms with Crippen LogP contribution in [0.4, 0.5) is 10.6 Å². The number of aliphatic imine (C=N–C) groups is 1. The highest BCUT2D eigenvalue weighted by molar-refractivity contribution is 5.93. The summed E-state index contributed by atoms with van der Waals surface area (Å²) in [5.74, 6) is 0.707. The number of morpholine rings is 1. The maximum absolute atomic E-state index is 13.0. The first-order valence-electron chi connectivity index (χ1n) is 9.73. The SMILES string of the molecule is C=NC(=CC(=C(C)C#N)N1CCOCC1)NC(=O)N1CCCc2ccc(C=O)nc21. The van der Waals surface area contributed by atoms with E-state index in [1.807, 2.05) is 11.0 Å². The van der Waals surface area contributed by atoms with Crippen LogP contribution >= 0.6 is 0 Å². The summed E-state index contributed by atoms with van der Waals surface area (Å²) in [6.07, 6.45) is 3.88. The number of hydrogen-bond acceptors (Lipinski definition) is 7. The van der Waals surface area contributed by atoms with Crippen molar-refractivity contribution in [2.24, 2.45) is 4.99 Å². The molecule has 30 heavy (non-hydrogen) atoms. The van der Waals surface area contributed by atoms with E-state index in [0.717, 1.165) is 18.4 Å². The Bertz CT molecular complexity index is 941. The molecule has 1 fully saturated rings. The predicted molar refractivity (Wildman–Crippen MR) is 112 cm³/mol. The number of carbonyl (C=O) groups is 2. The molecule has 0 spiro atoms. The van der Waals surface area contributed by atoms with Gasteiger partial charge in [-0.1, -0.05) is 6.07 Å². The third kappa shape index (κ3) is 4.72. The zero-order chi connectivity index (χ0) is 21.5. The topological polar surface area (TPSA) is 111 Å². The van der Waals surface area contributed by atoms with Crippen molar-refractivity contribution in [1.82, 2.24) is 15.2 Å². The zero-order valence-electron chi connectivity index (χ0n) is 16.9. The largest absolute Gasteiger partial charge is 0.378 e. The zero-order valence-corrected chi connectivity index (χ0v) is 16.9. The summed E-state index contributed by atoms with van der Waals surface area (Å²) in [4.78, 5) is 35.8. The number of nitrogens with zero attached hydrogens (tertiary/aromatic N) is 5. The number of nitrogens with one attached hydrogen (secondary N) is 1. The Hall–Kier alpha value is -3.51. The van der Waals surface area contributed by atoms with Crippen molar-refractivity contribution in [2.45, 2.75) is 19.8 Å². The lowest BCUT2D eigenvalue weighted by Crippen LogP contribution is -2.43. The van der Waals surface area contributed by atoms with Gasteiger partial charge in [0.1, 0.15) is 17.3 Å². The molecule has 0 bridgehead atoms. The second kappa shape index (κ2) is 9.80. The summed E-state index contributed by atoms with van der Waals surface area (Å²) >= 11 is 0. The number of pyridine rings is 1. The summed E-state index contributed by atoms with van der Waals surface area (Å²) in [6.45, 7) is 8.15. The minimum Gasteiger partial charge on any atom is -0.378 e. The third-order valence-corrected chi connectivity index (χ3v) is 5.01. The van der Waals surface area contributed by atoms with Crippen LogP contribution in [0.3, 0.4) is 0 Å². The number of fused-ring (bicyclic) bond motifs is 1. The molecule has 9 nitrogen and oxygen atoms in total. The van der Waals surface area contributed by atoms with E-state index in [9.17, 15) is 14.9 Å². The Balaban J connectivity index is 1.85. The number of aromatic nitrogens is 1. The highest BCUT2D eigenvalue weighted by atomic mass is 16.5. The fraction of sp³-hybridized carbons (Fsp3) is 0.381. The van der Waals surface area contributed by atoms with Gasteiger partial charge in [-0.15, -0.1) is 0 Å². The molecule has 2 aliphatic rings. The fourth-order valence-electron chi connectivity index (χ4n) is 3.44. The number of aldehydes is 1. The van der Waals surface area contributed by atoms with Gasteiger partial charge in [-0.2, -0.15) is 5.26 Å². The molecule has 9 heteroatoms. The number of amides is 2. The second-order valence-corrected chi connectivity index (χ2v) is 6.93. The van der Waals surface area contributed by atoms with Crippen LogP contribution in [0.25, 0.3) is 0 Å². The first-order valence-corrected chi connectivity index (χ1v) is 9.73. The van der Waals surface area contributed by atoms with Gasteiger partial charge in [-0.05, 0) is 38.1 Å². The molecule has 2 aliphatic heterocycles. The van der Waals surface area contributed by atoms with Crippen LogP contribution in [-0.2, 0) is 11.2 Å². The number of urea groups is 1. The fourth-order valence-corrected chi connectivity index (χ4v) is 3.44. The van der Waals surface area contributed by atoms with Crippen molar-refractivity contribution in [3.8, 4) is 6.07 Å². The van der Waals surface area contributed by atoms with Crippen LogP contribution in [0.15, 0.2) is 40.3 Å². The Morgan fingerprint density at radius 1 is 1.37 bits per heavy atom. The summed E-state index contributed by atoms with van der Waals surface area (Å²) < 4.78 is 5.38. The van der Waals surface area contributed by atoms with E-state index in [0.29, 0.717) is 56.2 Å². The Morgan fingerprint density at radius 2 is 2.13 bits per heavy atom. The molecule has 3 heterocycles. The number of allylic oxidation sites excluding steroid dienone is 2. The number of rotatable bonds is 5. The highest BCUT2D eigenvalue weighted by Crippen LogP contribution is 2.25. The Morgan fingerprint density at radius 3 is 2.80 bits per heavy atom. The van der Waals surface area contributed by atoms with E-state index in [1.54, 1.807) is 19.1 Å². The molecule has 0 atom stereocenters. The molecule has 0 aliphatic carbocycles. The average Bonchev–Trinajstić information content (AvgIpc) is 2.80. The molecule has 1 aromatic heterocycles. The summed E-state index contributed by atoms with van der Waals surface area (Å²) in [7, 11) is 0. The summed E-state index contributed by atoms with van der Waals surface area (Å²) in [5.41, 5.74) is 2.36. The number of hydrogen-bond donors (Lipinski definition) is 1. The molecule has 1 saturated heterocycles. The van der Waals surface area contributed by atoms with E-state index in [-0.39, 0.29) is 11.5 Å². The van der Waals surface area contributed by atoms with Crippen LogP contribution in [0.2, 0.25) is 0 Å². The summed E-state index contributed by atoms with van der Waals surface area (Å²) in [6, 6.07) is 5.21. The smallest absolute Gasteiger partial charge is 0.328 e. The molecule has 1 N–H and O–H groups in total. The predicted octanol–water partition coefficient (Wildman–Crippen LogP) is 2.03. The van der Waals surface area contributed by atoms with E-state index >= 15 is 0 Å². The van der Waals surface area contributed by atoms with E-state index in [4.69, 9.17) is 4.74 Å². The molecule has 0 unspecified atom stereocenters. The minimum absolute atomic E-state index is 0.231. The number of aryl methyl sites for hydroxylation is 1. The van der Waals surface area contributed by atoms with Crippen LogP contribution in [0.5, 0.6) is 0 Å². The van der Waals surface area contributed by atoms with Gasteiger partial charge in [0.25, 0.3) is 0 Å². The second-order valence-electron chi connectivity index (χ2n) is 6.93. The number of ether oxygens (including phenoxy) is 1. The number of nitriles is 1. The van der Waals surface area contributed by atoms with Gasteiger partial charge in [0, 0.05) is 31.3 Å². The van der Waals surface area contributed by atoms with Gasteiger partial charge in [0.2, 0.25) is 0 Å². The van der Waals surface area contributed by atoms with Crippen molar-refractivity contribution in [3.05, 3.63) is 46.6 Å². The first-order chi connectivity index (χ1) is 14.6. The molecule has 0 saturated carbocycles. The van der Waals surface area contributed by atoms with Crippen molar-refractivity contribution in [1.29, 1.82) is 5.26 Å². The molecule has 3 rings (SSSR count). The highest BCUT2D eigenvalue weighted by Gasteiger charge is 2.25. The molecule has 156 valence electrons. The van der Waals surface area contributed by atoms with Gasteiger partial charge in [-0.25, -0.2) is 14.8 Å². The lowest BCUT2D eigenvalue weighted by atomic mass is 10.1. The monoisotopic (exact) mass is 408 g/mol. The van der Waals surface area contributed by atoms with E-state index in [1.165, 1.54) is 4.90 Å². The van der Waals surface area contributed by atoms with E-state index < -0.39 is 6.03 Å². The molecular weight excluding hydrogens is 384 g/mol. The number of carbonyl (C=O) groups excluding carboxylic acids is 2.